The number of nitrogens with zero attached hydrogens (tertiary/aromatic N) is 1. The van der Waals surface area contributed by atoms with Gasteiger partial charge in [0, 0.05) is 6.42 Å². The van der Waals surface area contributed by atoms with Crippen LogP contribution in [-0.2, 0) is 18.4 Å². The molecule has 0 aliphatic carbocycles. The monoisotopic (exact) mass is 770 g/mol. The van der Waals surface area contributed by atoms with Crippen LogP contribution >= 0.6 is 7.82 Å². The quantitative estimate of drug-likeness (QED) is 0.0249. The van der Waals surface area contributed by atoms with E-state index in [1.165, 1.54) is 116 Å². The zero-order chi connectivity index (χ0) is 39.3. The fraction of sp³-hybridized carbons (Fsp3) is 0.841. The molecule has 3 unspecified atom stereocenters. The predicted molar refractivity (Wildman–Crippen MR) is 226 cm³/mol. The van der Waals surface area contributed by atoms with Crippen LogP contribution in [0.15, 0.2) is 36.5 Å². The molecule has 0 aliphatic heterocycles. The SMILES string of the molecule is CCCCCCCCC/C=C\CCCCCCCC(=O)NC(COP(=O)(O)OCC[N+](C)(C)C)C(O)/C=C/CC/C=C/CCCCCCCCCCC. The molecule has 0 bridgehead atoms. The van der Waals surface area contributed by atoms with E-state index < -0.39 is 20.0 Å². The highest BCUT2D eigenvalue weighted by atomic mass is 31.2. The lowest BCUT2D eigenvalue weighted by Crippen LogP contribution is -2.45. The number of carbonyl (C=O) groups excluding carboxylic acids is 1. The molecule has 0 rings (SSSR count). The number of phosphoric acid groups is 1. The molecule has 0 spiro atoms. The second-order valence-corrected chi connectivity index (χ2v) is 17.5. The van der Waals surface area contributed by atoms with Crippen molar-refractivity contribution in [2.24, 2.45) is 0 Å². The summed E-state index contributed by atoms with van der Waals surface area (Å²) in [5, 5.41) is 13.8. The Morgan fingerprint density at radius 3 is 1.51 bits per heavy atom. The number of rotatable bonds is 39. The Bertz CT molecular complexity index is 964. The molecule has 3 N–H and O–H groups in total. The van der Waals surface area contributed by atoms with Gasteiger partial charge in [-0.3, -0.25) is 13.8 Å². The number of aliphatic hydroxyl groups is 1. The minimum absolute atomic E-state index is 0.0545. The first-order valence-electron chi connectivity index (χ1n) is 21.9. The van der Waals surface area contributed by atoms with Crippen LogP contribution in [-0.4, -0.2) is 73.4 Å². The molecule has 0 aliphatic rings. The molecule has 312 valence electrons. The first-order valence-corrected chi connectivity index (χ1v) is 23.4. The third kappa shape index (κ3) is 38.8. The second-order valence-electron chi connectivity index (χ2n) is 16.1. The molecule has 1 amide bonds. The van der Waals surface area contributed by atoms with Gasteiger partial charge in [0.2, 0.25) is 5.91 Å². The van der Waals surface area contributed by atoms with E-state index in [2.05, 4.69) is 43.5 Å². The van der Waals surface area contributed by atoms with Crippen molar-refractivity contribution in [3.8, 4) is 0 Å². The van der Waals surface area contributed by atoms with E-state index in [0.29, 0.717) is 17.4 Å². The standard InChI is InChI=1S/C44H85N2O6P/c1-6-8-10-12-14-16-18-20-22-24-26-28-30-32-34-36-38-44(48)45-42(41-52-53(49,50)51-40-39-46(3,4)5)43(47)37-35-33-31-29-27-25-23-21-19-17-15-13-11-9-7-2/h22,24,27,29,35,37,42-43,47H,6-21,23,25-26,28,30-34,36,38-41H2,1-5H3,(H-,45,48,49,50)/p+1/b24-22-,29-27+,37-35+. The highest BCUT2D eigenvalue weighted by Gasteiger charge is 2.27. The summed E-state index contributed by atoms with van der Waals surface area (Å²) in [5.41, 5.74) is 0. The molecule has 8 nitrogen and oxygen atoms in total. The Labute approximate surface area is 327 Å². The third-order valence-corrected chi connectivity index (χ3v) is 10.6. The lowest BCUT2D eigenvalue weighted by Gasteiger charge is -2.25. The van der Waals surface area contributed by atoms with Gasteiger partial charge in [0.05, 0.1) is 39.9 Å². The lowest BCUT2D eigenvalue weighted by atomic mass is 10.1. The number of nitrogens with one attached hydrogen (secondary N) is 1. The van der Waals surface area contributed by atoms with Crippen molar-refractivity contribution >= 4 is 13.7 Å². The molecule has 0 aromatic rings. The molecule has 0 radical (unpaired) electrons. The maximum Gasteiger partial charge on any atom is 0.472 e. The summed E-state index contributed by atoms with van der Waals surface area (Å²) in [6.45, 7) is 4.77. The maximum atomic E-state index is 12.8. The lowest BCUT2D eigenvalue weighted by molar-refractivity contribution is -0.870. The maximum absolute atomic E-state index is 12.8. The van der Waals surface area contributed by atoms with Gasteiger partial charge >= 0.3 is 7.82 Å². The van der Waals surface area contributed by atoms with Crippen molar-refractivity contribution in [2.75, 3.05) is 40.9 Å². The van der Waals surface area contributed by atoms with E-state index in [9.17, 15) is 19.4 Å². The molecule has 0 saturated carbocycles. The average molecular weight is 770 g/mol. The summed E-state index contributed by atoms with van der Waals surface area (Å²) in [5.74, 6) is -0.197. The van der Waals surface area contributed by atoms with E-state index in [1.807, 2.05) is 27.2 Å². The summed E-state index contributed by atoms with van der Waals surface area (Å²) in [6.07, 6.45) is 43.5. The van der Waals surface area contributed by atoms with Crippen molar-refractivity contribution in [1.82, 2.24) is 5.32 Å². The molecular weight excluding hydrogens is 683 g/mol. The van der Waals surface area contributed by atoms with Crippen molar-refractivity contribution in [3.05, 3.63) is 36.5 Å². The molecule has 0 fully saturated rings. The van der Waals surface area contributed by atoms with Gasteiger partial charge in [-0.15, -0.1) is 0 Å². The van der Waals surface area contributed by atoms with Crippen molar-refractivity contribution in [1.29, 1.82) is 0 Å². The Morgan fingerprint density at radius 1 is 0.623 bits per heavy atom. The summed E-state index contributed by atoms with van der Waals surface area (Å²) < 4.78 is 23.5. The van der Waals surface area contributed by atoms with Crippen LogP contribution in [0.3, 0.4) is 0 Å². The van der Waals surface area contributed by atoms with E-state index in [0.717, 1.165) is 51.4 Å². The van der Waals surface area contributed by atoms with Gasteiger partial charge in [-0.1, -0.05) is 159 Å². The third-order valence-electron chi connectivity index (χ3n) is 9.58. The second kappa shape index (κ2) is 36.4. The van der Waals surface area contributed by atoms with E-state index >= 15 is 0 Å². The van der Waals surface area contributed by atoms with Gasteiger partial charge in [0.1, 0.15) is 13.2 Å². The molecule has 0 aromatic carbocycles. The summed E-state index contributed by atoms with van der Waals surface area (Å²) >= 11 is 0. The van der Waals surface area contributed by atoms with Gasteiger partial charge in [-0.2, -0.15) is 0 Å². The van der Waals surface area contributed by atoms with Crippen LogP contribution < -0.4 is 5.32 Å². The molecule has 53 heavy (non-hydrogen) atoms. The number of hydrogen-bond acceptors (Lipinski definition) is 5. The highest BCUT2D eigenvalue weighted by Crippen LogP contribution is 2.43. The smallest absolute Gasteiger partial charge is 0.387 e. The van der Waals surface area contributed by atoms with E-state index in [1.54, 1.807) is 6.08 Å². The number of unbranched alkanes of at least 4 members (excludes halogenated alkanes) is 22. The minimum atomic E-state index is -4.34. The molecule has 9 heteroatoms. The van der Waals surface area contributed by atoms with Crippen LogP contribution in [0.25, 0.3) is 0 Å². The molecule has 0 aromatic heterocycles. The van der Waals surface area contributed by atoms with Crippen molar-refractivity contribution in [3.63, 3.8) is 0 Å². The fourth-order valence-corrected chi connectivity index (χ4v) is 6.79. The van der Waals surface area contributed by atoms with Gasteiger partial charge in [0.15, 0.2) is 0 Å². The zero-order valence-electron chi connectivity index (χ0n) is 35.3. The number of allylic oxidation sites excluding steroid dienone is 5. The zero-order valence-corrected chi connectivity index (χ0v) is 36.1. The average Bonchev–Trinajstić information content (AvgIpc) is 3.10. The molecule has 3 atom stereocenters. The fourth-order valence-electron chi connectivity index (χ4n) is 6.05. The van der Waals surface area contributed by atoms with Crippen LogP contribution in [0, 0.1) is 0 Å². The number of amides is 1. The van der Waals surface area contributed by atoms with Crippen LogP contribution in [0.2, 0.25) is 0 Å². The Kier molecular flexibility index (Phi) is 35.5. The molecule has 0 heterocycles. The number of phosphoric ester groups is 1. The van der Waals surface area contributed by atoms with E-state index in [4.69, 9.17) is 9.05 Å². The summed E-state index contributed by atoms with van der Waals surface area (Å²) in [4.78, 5) is 23.1. The Balaban J connectivity index is 4.51. The number of carbonyl (C=O) groups is 1. The number of likely N-dealkylation sites (N-methyl/N-ethyl adjacent to an activating group) is 1. The number of hydrogen-bond donors (Lipinski definition) is 3. The van der Waals surface area contributed by atoms with Crippen LogP contribution in [0.4, 0.5) is 0 Å². The van der Waals surface area contributed by atoms with Crippen LogP contribution in [0.5, 0.6) is 0 Å². The topological polar surface area (TPSA) is 105 Å². The summed E-state index contributed by atoms with van der Waals surface area (Å²) in [7, 11) is 1.55. The van der Waals surface area contributed by atoms with E-state index in [-0.39, 0.29) is 19.1 Å². The van der Waals surface area contributed by atoms with Crippen LogP contribution in [0.1, 0.15) is 187 Å². The van der Waals surface area contributed by atoms with Gasteiger partial charge < -0.3 is 19.8 Å². The number of aliphatic hydroxyl groups excluding tert-OH is 1. The van der Waals surface area contributed by atoms with Crippen molar-refractivity contribution < 1.29 is 32.9 Å². The first-order chi connectivity index (χ1) is 25.5. The van der Waals surface area contributed by atoms with Crippen molar-refractivity contribution in [2.45, 2.75) is 199 Å². The highest BCUT2D eigenvalue weighted by molar-refractivity contribution is 7.47. The Morgan fingerprint density at radius 2 is 1.04 bits per heavy atom. The van der Waals surface area contributed by atoms with Gasteiger partial charge in [-0.25, -0.2) is 4.57 Å². The molecular formula is C44H86N2O6P+. The molecule has 0 saturated heterocycles. The first kappa shape index (κ1) is 51.7. The summed E-state index contributed by atoms with van der Waals surface area (Å²) in [6, 6.07) is -0.865. The van der Waals surface area contributed by atoms with Gasteiger partial charge in [0.25, 0.3) is 0 Å². The predicted octanol–water partition coefficient (Wildman–Crippen LogP) is 11.9. The minimum Gasteiger partial charge on any atom is -0.387 e. The normalized spacial score (nSPS) is 14.8. The largest absolute Gasteiger partial charge is 0.472 e. The number of quaternary nitrogens is 1. The Hall–Kier alpha value is -1.28. The van der Waals surface area contributed by atoms with Gasteiger partial charge in [-0.05, 0) is 57.8 Å².